The summed E-state index contributed by atoms with van der Waals surface area (Å²) in [5.41, 5.74) is 1.47. The molecule has 2 fully saturated rings. The van der Waals surface area contributed by atoms with Crippen molar-refractivity contribution in [3.63, 3.8) is 0 Å². The largest absolute Gasteiger partial charge is 0.367 e. The highest BCUT2D eigenvalue weighted by Gasteiger charge is 2.45. The van der Waals surface area contributed by atoms with E-state index in [1.807, 2.05) is 6.07 Å². The van der Waals surface area contributed by atoms with Crippen LogP contribution in [-0.4, -0.2) is 25.7 Å². The second kappa shape index (κ2) is 4.39. The van der Waals surface area contributed by atoms with Crippen LogP contribution in [0.15, 0.2) is 18.2 Å². The number of nitrogens with one attached hydrogen (secondary N) is 1. The first-order valence-electron chi connectivity index (χ1n) is 6.52. The summed E-state index contributed by atoms with van der Waals surface area (Å²) in [4.78, 5) is 2.36. The average molecular weight is 269 g/mol. The Balaban J connectivity index is 1.89. The summed E-state index contributed by atoms with van der Waals surface area (Å²) in [6.45, 7) is 5.31. The van der Waals surface area contributed by atoms with Crippen LogP contribution in [-0.2, 0) is 0 Å². The van der Waals surface area contributed by atoms with Crippen molar-refractivity contribution in [2.75, 3.05) is 24.5 Å². The first-order valence-corrected chi connectivity index (χ1v) is 6.90. The van der Waals surface area contributed by atoms with Crippen LogP contribution in [0.3, 0.4) is 0 Å². The van der Waals surface area contributed by atoms with Crippen molar-refractivity contribution in [3.05, 3.63) is 29.0 Å². The summed E-state index contributed by atoms with van der Waals surface area (Å²) in [7, 11) is 0. The smallest absolute Gasteiger partial charge is 0.141 e. The Labute approximate surface area is 112 Å². The molecule has 1 saturated heterocycles. The minimum atomic E-state index is -0.345. The standard InChI is InChI=1S/C14H18ClFN2/c1-10-7-17-8-14(4-5-14)9-18(10)11-2-3-13(16)12(15)6-11/h2-3,6,10,17H,4-5,7-9H2,1H3. The molecule has 0 radical (unpaired) electrons. The van der Waals surface area contributed by atoms with E-state index in [1.165, 1.54) is 18.9 Å². The molecule has 1 unspecified atom stereocenters. The molecule has 2 aliphatic rings. The van der Waals surface area contributed by atoms with Gasteiger partial charge in [-0.3, -0.25) is 0 Å². The van der Waals surface area contributed by atoms with Gasteiger partial charge in [0, 0.05) is 36.8 Å². The number of hydrogen-bond donors (Lipinski definition) is 1. The van der Waals surface area contributed by atoms with Crippen molar-refractivity contribution in [3.8, 4) is 0 Å². The number of nitrogens with zero attached hydrogens (tertiary/aromatic N) is 1. The third-order valence-electron chi connectivity index (χ3n) is 4.17. The number of rotatable bonds is 1. The quantitative estimate of drug-likeness (QED) is 0.842. The zero-order chi connectivity index (χ0) is 12.8. The molecule has 1 aromatic rings. The minimum Gasteiger partial charge on any atom is -0.367 e. The number of hydrogen-bond acceptors (Lipinski definition) is 2. The van der Waals surface area contributed by atoms with Gasteiger partial charge in [-0.15, -0.1) is 0 Å². The second-order valence-corrected chi connectivity index (χ2v) is 6.11. The summed E-state index contributed by atoms with van der Waals surface area (Å²) in [6.07, 6.45) is 2.58. The van der Waals surface area contributed by atoms with Gasteiger partial charge < -0.3 is 10.2 Å². The monoisotopic (exact) mass is 268 g/mol. The van der Waals surface area contributed by atoms with Gasteiger partial charge in [-0.1, -0.05) is 11.6 Å². The van der Waals surface area contributed by atoms with Crippen LogP contribution in [0.5, 0.6) is 0 Å². The lowest BCUT2D eigenvalue weighted by Crippen LogP contribution is -2.38. The maximum absolute atomic E-state index is 13.2. The van der Waals surface area contributed by atoms with Crippen molar-refractivity contribution < 1.29 is 4.39 Å². The van der Waals surface area contributed by atoms with Crippen molar-refractivity contribution >= 4 is 17.3 Å². The molecular formula is C14H18ClFN2. The summed E-state index contributed by atoms with van der Waals surface area (Å²) < 4.78 is 13.2. The molecule has 1 atom stereocenters. The third kappa shape index (κ3) is 2.21. The summed E-state index contributed by atoms with van der Waals surface area (Å²) in [5, 5.41) is 3.74. The lowest BCUT2D eigenvalue weighted by Gasteiger charge is -2.31. The molecule has 1 heterocycles. The highest BCUT2D eigenvalue weighted by molar-refractivity contribution is 6.31. The first-order chi connectivity index (χ1) is 8.60. The van der Waals surface area contributed by atoms with Gasteiger partial charge in [-0.25, -0.2) is 4.39 Å². The minimum absolute atomic E-state index is 0.210. The zero-order valence-electron chi connectivity index (χ0n) is 10.5. The molecule has 0 aromatic heterocycles. The van der Waals surface area contributed by atoms with Gasteiger partial charge >= 0.3 is 0 Å². The highest BCUT2D eigenvalue weighted by Crippen LogP contribution is 2.47. The van der Waals surface area contributed by atoms with E-state index in [2.05, 4.69) is 17.1 Å². The van der Waals surface area contributed by atoms with Crippen LogP contribution < -0.4 is 10.2 Å². The van der Waals surface area contributed by atoms with Crippen molar-refractivity contribution in [2.24, 2.45) is 5.41 Å². The Hall–Kier alpha value is -0.800. The van der Waals surface area contributed by atoms with Gasteiger partial charge in [0.2, 0.25) is 0 Å². The Bertz CT molecular complexity index is 459. The normalized spacial score (nSPS) is 26.2. The van der Waals surface area contributed by atoms with Crippen molar-refractivity contribution in [1.82, 2.24) is 5.32 Å². The molecule has 18 heavy (non-hydrogen) atoms. The molecule has 0 bridgehead atoms. The molecule has 2 nitrogen and oxygen atoms in total. The van der Waals surface area contributed by atoms with Crippen LogP contribution in [0.25, 0.3) is 0 Å². The fraction of sp³-hybridized carbons (Fsp3) is 0.571. The zero-order valence-corrected chi connectivity index (χ0v) is 11.3. The van der Waals surface area contributed by atoms with E-state index >= 15 is 0 Å². The van der Waals surface area contributed by atoms with Gasteiger partial charge in [0.1, 0.15) is 5.82 Å². The SMILES string of the molecule is CC1CNCC2(CC2)CN1c1ccc(F)c(Cl)c1. The highest BCUT2D eigenvalue weighted by atomic mass is 35.5. The van der Waals surface area contributed by atoms with Crippen LogP contribution >= 0.6 is 11.6 Å². The molecule has 4 heteroatoms. The van der Waals surface area contributed by atoms with Crippen molar-refractivity contribution in [2.45, 2.75) is 25.8 Å². The van der Waals surface area contributed by atoms with E-state index in [1.54, 1.807) is 6.07 Å². The molecule has 3 rings (SSSR count). The molecule has 0 amide bonds. The van der Waals surface area contributed by atoms with E-state index in [0.717, 1.165) is 25.3 Å². The summed E-state index contributed by atoms with van der Waals surface area (Å²) in [5.74, 6) is -0.345. The average Bonchev–Trinajstić information content (AvgIpc) is 3.12. The summed E-state index contributed by atoms with van der Waals surface area (Å²) >= 11 is 5.89. The Morgan fingerprint density at radius 2 is 2.22 bits per heavy atom. The topological polar surface area (TPSA) is 15.3 Å². The van der Waals surface area contributed by atoms with Crippen LogP contribution in [0, 0.1) is 11.2 Å². The van der Waals surface area contributed by atoms with E-state index in [9.17, 15) is 4.39 Å². The lowest BCUT2D eigenvalue weighted by molar-refractivity contribution is 0.500. The molecule has 1 N–H and O–H groups in total. The molecular weight excluding hydrogens is 251 g/mol. The Morgan fingerprint density at radius 1 is 1.44 bits per heavy atom. The molecule has 1 aromatic carbocycles. The predicted molar refractivity (Wildman–Crippen MR) is 72.8 cm³/mol. The Kier molecular flexibility index (Phi) is 2.99. The van der Waals surface area contributed by atoms with E-state index in [0.29, 0.717) is 11.5 Å². The van der Waals surface area contributed by atoms with Crippen LogP contribution in [0.1, 0.15) is 19.8 Å². The molecule has 98 valence electrons. The molecule has 1 aliphatic heterocycles. The van der Waals surface area contributed by atoms with Crippen molar-refractivity contribution in [1.29, 1.82) is 0 Å². The fourth-order valence-electron chi connectivity index (χ4n) is 2.75. The third-order valence-corrected chi connectivity index (χ3v) is 4.46. The maximum Gasteiger partial charge on any atom is 0.141 e. The van der Waals surface area contributed by atoms with Gasteiger partial charge in [0.25, 0.3) is 0 Å². The lowest BCUT2D eigenvalue weighted by atomic mass is 10.1. The number of anilines is 1. The second-order valence-electron chi connectivity index (χ2n) is 5.71. The van der Waals surface area contributed by atoms with E-state index in [4.69, 9.17) is 11.6 Å². The van der Waals surface area contributed by atoms with Gasteiger partial charge in [0.05, 0.1) is 5.02 Å². The number of benzene rings is 1. The van der Waals surface area contributed by atoms with Crippen LogP contribution in [0.2, 0.25) is 5.02 Å². The number of halogens is 2. The molecule has 1 aliphatic carbocycles. The fourth-order valence-corrected chi connectivity index (χ4v) is 2.93. The molecule has 1 saturated carbocycles. The first kappa shape index (κ1) is 12.2. The Morgan fingerprint density at radius 3 is 2.89 bits per heavy atom. The summed E-state index contributed by atoms with van der Waals surface area (Å²) in [6, 6.07) is 5.45. The predicted octanol–water partition coefficient (Wildman–Crippen LogP) is 3.06. The van der Waals surface area contributed by atoms with Gasteiger partial charge in [-0.2, -0.15) is 0 Å². The van der Waals surface area contributed by atoms with Gasteiger partial charge in [-0.05, 0) is 38.0 Å². The van der Waals surface area contributed by atoms with Gasteiger partial charge in [0.15, 0.2) is 0 Å². The molecule has 1 spiro atoms. The van der Waals surface area contributed by atoms with Crippen LogP contribution in [0.4, 0.5) is 10.1 Å². The maximum atomic E-state index is 13.2. The van der Waals surface area contributed by atoms with E-state index < -0.39 is 0 Å². The van der Waals surface area contributed by atoms with E-state index in [-0.39, 0.29) is 10.8 Å².